The molecule has 0 saturated carbocycles. The number of pyridine rings is 1. The molecule has 1 unspecified atom stereocenters. The molecule has 1 atom stereocenters. The van der Waals surface area contributed by atoms with Crippen LogP contribution in [-0.2, 0) is 16.3 Å². The lowest BCUT2D eigenvalue weighted by atomic mass is 10.1. The van der Waals surface area contributed by atoms with Crippen LogP contribution in [0.2, 0.25) is 5.15 Å². The number of hydrogen-bond acceptors (Lipinski definition) is 4. The van der Waals surface area contributed by atoms with E-state index in [0.717, 1.165) is 5.69 Å². The molecule has 1 aliphatic heterocycles. The Morgan fingerprint density at radius 1 is 1.50 bits per heavy atom. The minimum atomic E-state index is -3.03. The van der Waals surface area contributed by atoms with Crippen molar-refractivity contribution >= 4 is 27.3 Å². The summed E-state index contributed by atoms with van der Waals surface area (Å²) in [5.74, 6) is -0.0790. The molecule has 0 spiro atoms. The Morgan fingerprint density at radius 3 is 2.90 bits per heavy atom. The first-order valence-electron chi connectivity index (χ1n) is 6.57. The van der Waals surface area contributed by atoms with Gasteiger partial charge in [0.25, 0.3) is 5.91 Å². The number of aryl methyl sites for hydroxylation is 1. The summed E-state index contributed by atoms with van der Waals surface area (Å²) < 4.78 is 23.1. The van der Waals surface area contributed by atoms with Gasteiger partial charge in [-0.2, -0.15) is 0 Å². The van der Waals surface area contributed by atoms with Gasteiger partial charge in [0.2, 0.25) is 0 Å². The van der Waals surface area contributed by atoms with Crippen LogP contribution in [0.5, 0.6) is 0 Å². The number of hydrogen-bond donors (Lipinski definition) is 1. The summed E-state index contributed by atoms with van der Waals surface area (Å²) in [7, 11) is -3.03. The number of carbonyl (C=O) groups is 1. The normalized spacial score (nSPS) is 21.4. The summed E-state index contributed by atoms with van der Waals surface area (Å²) in [6.45, 7) is 1.92. The van der Waals surface area contributed by atoms with Crippen LogP contribution in [0.25, 0.3) is 0 Å². The van der Waals surface area contributed by atoms with E-state index in [1.807, 2.05) is 6.92 Å². The fourth-order valence-corrected chi connectivity index (χ4v) is 4.13. The van der Waals surface area contributed by atoms with Gasteiger partial charge in [0.15, 0.2) is 9.84 Å². The first kappa shape index (κ1) is 15.3. The van der Waals surface area contributed by atoms with Gasteiger partial charge in [0.1, 0.15) is 5.15 Å². The van der Waals surface area contributed by atoms with Crippen LogP contribution in [0.15, 0.2) is 12.1 Å². The molecule has 1 fully saturated rings. The monoisotopic (exact) mass is 316 g/mol. The van der Waals surface area contributed by atoms with Crippen molar-refractivity contribution in [2.45, 2.75) is 32.2 Å². The lowest BCUT2D eigenvalue weighted by Crippen LogP contribution is -2.43. The van der Waals surface area contributed by atoms with E-state index in [9.17, 15) is 13.2 Å². The minimum absolute atomic E-state index is 0.0121. The van der Waals surface area contributed by atoms with Crippen LogP contribution < -0.4 is 5.32 Å². The van der Waals surface area contributed by atoms with Gasteiger partial charge < -0.3 is 5.32 Å². The van der Waals surface area contributed by atoms with Gasteiger partial charge in [-0.05, 0) is 31.4 Å². The molecule has 1 N–H and O–H groups in total. The third kappa shape index (κ3) is 3.93. The molecule has 20 heavy (non-hydrogen) atoms. The number of nitrogens with one attached hydrogen (secondary N) is 1. The van der Waals surface area contributed by atoms with Crippen molar-refractivity contribution in [2.75, 3.05) is 11.5 Å². The number of rotatable bonds is 3. The predicted octanol–water partition coefficient (Wildman–Crippen LogP) is 1.60. The molecule has 2 rings (SSSR count). The molecule has 0 radical (unpaired) electrons. The zero-order chi connectivity index (χ0) is 14.8. The lowest BCUT2D eigenvalue weighted by Gasteiger charge is -2.23. The highest BCUT2D eigenvalue weighted by Gasteiger charge is 2.26. The van der Waals surface area contributed by atoms with Gasteiger partial charge in [0.05, 0.1) is 11.5 Å². The molecule has 5 nitrogen and oxygen atoms in total. The van der Waals surface area contributed by atoms with Crippen molar-refractivity contribution in [2.24, 2.45) is 0 Å². The third-order valence-corrected chi connectivity index (χ3v) is 5.28. The highest BCUT2D eigenvalue weighted by atomic mass is 35.5. The van der Waals surface area contributed by atoms with E-state index in [2.05, 4.69) is 10.3 Å². The van der Waals surface area contributed by atoms with E-state index in [0.29, 0.717) is 24.8 Å². The average molecular weight is 317 g/mol. The Kier molecular flexibility index (Phi) is 4.65. The number of sulfone groups is 1. The van der Waals surface area contributed by atoms with E-state index in [-0.39, 0.29) is 28.6 Å². The first-order chi connectivity index (χ1) is 9.39. The van der Waals surface area contributed by atoms with Gasteiger partial charge in [-0.3, -0.25) is 4.79 Å². The standard InChI is InChI=1S/C13H17ClN2O3S/c1-2-10-6-9(7-12(14)15-10)13(17)16-11-4-3-5-20(18,19)8-11/h6-7,11H,2-5,8H2,1H3,(H,16,17). The molecule has 1 aliphatic rings. The number of amides is 1. The Hall–Kier alpha value is -1.14. The Balaban J connectivity index is 2.10. The van der Waals surface area contributed by atoms with Crippen LogP contribution in [0.3, 0.4) is 0 Å². The fourth-order valence-electron chi connectivity index (χ4n) is 2.27. The summed E-state index contributed by atoms with van der Waals surface area (Å²) in [6.07, 6.45) is 1.95. The zero-order valence-electron chi connectivity index (χ0n) is 11.2. The van der Waals surface area contributed by atoms with Gasteiger partial charge in [0, 0.05) is 17.3 Å². The predicted molar refractivity (Wildman–Crippen MR) is 77.8 cm³/mol. The van der Waals surface area contributed by atoms with Crippen molar-refractivity contribution in [3.63, 3.8) is 0 Å². The Morgan fingerprint density at radius 2 is 2.25 bits per heavy atom. The summed E-state index contributed by atoms with van der Waals surface area (Å²) >= 11 is 5.87. The van der Waals surface area contributed by atoms with E-state index in [1.165, 1.54) is 6.07 Å². The SMILES string of the molecule is CCc1cc(C(=O)NC2CCCS(=O)(=O)C2)cc(Cl)n1. The Labute approximate surface area is 123 Å². The fraction of sp³-hybridized carbons (Fsp3) is 0.538. The molecular formula is C13H17ClN2O3S. The summed E-state index contributed by atoms with van der Waals surface area (Å²) in [5.41, 5.74) is 1.16. The van der Waals surface area contributed by atoms with Crippen LogP contribution in [0.1, 0.15) is 35.8 Å². The van der Waals surface area contributed by atoms with Gasteiger partial charge in [-0.1, -0.05) is 18.5 Å². The van der Waals surface area contributed by atoms with Crippen molar-refractivity contribution in [3.8, 4) is 0 Å². The zero-order valence-corrected chi connectivity index (χ0v) is 12.8. The molecule has 1 saturated heterocycles. The molecular weight excluding hydrogens is 300 g/mol. The molecule has 1 aromatic rings. The van der Waals surface area contributed by atoms with E-state index in [1.54, 1.807) is 6.07 Å². The van der Waals surface area contributed by atoms with Crippen LogP contribution in [0, 0.1) is 0 Å². The maximum absolute atomic E-state index is 12.2. The highest BCUT2D eigenvalue weighted by molar-refractivity contribution is 7.91. The average Bonchev–Trinajstić information content (AvgIpc) is 2.36. The van der Waals surface area contributed by atoms with Gasteiger partial charge in [-0.25, -0.2) is 13.4 Å². The van der Waals surface area contributed by atoms with E-state index in [4.69, 9.17) is 11.6 Å². The molecule has 1 amide bonds. The number of aromatic nitrogens is 1. The summed E-state index contributed by atoms with van der Waals surface area (Å²) in [5, 5.41) is 3.03. The first-order valence-corrected chi connectivity index (χ1v) is 8.77. The maximum atomic E-state index is 12.2. The summed E-state index contributed by atoms with van der Waals surface area (Å²) in [6, 6.07) is 2.85. The number of carbonyl (C=O) groups excluding carboxylic acids is 1. The largest absolute Gasteiger partial charge is 0.348 e. The molecule has 0 aromatic carbocycles. The minimum Gasteiger partial charge on any atom is -0.348 e. The van der Waals surface area contributed by atoms with E-state index < -0.39 is 9.84 Å². The van der Waals surface area contributed by atoms with Crippen molar-refractivity contribution < 1.29 is 13.2 Å². The molecule has 0 aliphatic carbocycles. The van der Waals surface area contributed by atoms with Gasteiger partial charge >= 0.3 is 0 Å². The second kappa shape index (κ2) is 6.10. The quantitative estimate of drug-likeness (QED) is 0.859. The molecule has 1 aromatic heterocycles. The number of halogens is 1. The number of nitrogens with zero attached hydrogens (tertiary/aromatic N) is 1. The van der Waals surface area contributed by atoms with Gasteiger partial charge in [-0.15, -0.1) is 0 Å². The second-order valence-electron chi connectivity index (χ2n) is 4.95. The van der Waals surface area contributed by atoms with Crippen molar-refractivity contribution in [1.29, 1.82) is 0 Å². The van der Waals surface area contributed by atoms with Crippen molar-refractivity contribution in [3.05, 3.63) is 28.5 Å². The van der Waals surface area contributed by atoms with Crippen molar-refractivity contribution in [1.82, 2.24) is 10.3 Å². The molecule has 110 valence electrons. The van der Waals surface area contributed by atoms with Crippen LogP contribution in [0.4, 0.5) is 0 Å². The smallest absolute Gasteiger partial charge is 0.251 e. The Bertz CT molecular complexity index is 616. The molecule has 0 bridgehead atoms. The maximum Gasteiger partial charge on any atom is 0.251 e. The lowest BCUT2D eigenvalue weighted by molar-refractivity contribution is 0.0938. The third-order valence-electron chi connectivity index (χ3n) is 3.27. The topological polar surface area (TPSA) is 76.1 Å². The molecule has 7 heteroatoms. The summed E-state index contributed by atoms with van der Waals surface area (Å²) in [4.78, 5) is 16.2. The highest BCUT2D eigenvalue weighted by Crippen LogP contribution is 2.15. The van der Waals surface area contributed by atoms with E-state index >= 15 is 0 Å². The van der Waals surface area contributed by atoms with Crippen LogP contribution in [-0.4, -0.2) is 36.9 Å². The van der Waals surface area contributed by atoms with Crippen LogP contribution >= 0.6 is 11.6 Å². The second-order valence-corrected chi connectivity index (χ2v) is 7.57. The molecule has 2 heterocycles.